The van der Waals surface area contributed by atoms with Gasteiger partial charge in [-0.15, -0.1) is 0 Å². The van der Waals surface area contributed by atoms with Crippen LogP contribution in [0.25, 0.3) is 11.0 Å². The lowest BCUT2D eigenvalue weighted by Gasteiger charge is -2.05. The summed E-state index contributed by atoms with van der Waals surface area (Å²) in [5, 5.41) is 4.30. The number of rotatable bonds is 5. The topological polar surface area (TPSA) is 73.6 Å². The van der Waals surface area contributed by atoms with Crippen molar-refractivity contribution < 1.29 is 4.74 Å². The van der Waals surface area contributed by atoms with Gasteiger partial charge in [-0.3, -0.25) is 9.59 Å². The zero-order valence-electron chi connectivity index (χ0n) is 16.8. The van der Waals surface area contributed by atoms with E-state index >= 15 is 0 Å². The minimum atomic E-state index is -0.417. The van der Waals surface area contributed by atoms with Crippen molar-refractivity contribution in [2.24, 2.45) is 0 Å². The molecule has 2 heterocycles. The summed E-state index contributed by atoms with van der Waals surface area (Å²) in [5.41, 5.74) is 1.26. The molecule has 0 aliphatic carbocycles. The van der Waals surface area contributed by atoms with Crippen LogP contribution in [-0.4, -0.2) is 14.6 Å². The largest absolute Gasteiger partial charge is 0.457 e. The van der Waals surface area contributed by atoms with Crippen molar-refractivity contribution in [1.29, 1.82) is 0 Å². The second kappa shape index (κ2) is 8.56. The highest BCUT2D eigenvalue weighted by Crippen LogP contribution is 2.22. The number of benzene rings is 3. The summed E-state index contributed by atoms with van der Waals surface area (Å²) in [4.78, 5) is 29.7. The lowest BCUT2D eigenvalue weighted by Crippen LogP contribution is -2.28. The maximum atomic E-state index is 12.9. The molecule has 156 valence electrons. The zero-order valence-corrected chi connectivity index (χ0v) is 17.7. The van der Waals surface area contributed by atoms with E-state index in [2.05, 4.69) is 10.1 Å². The normalized spacial score (nSPS) is 11.7. The van der Waals surface area contributed by atoms with Crippen LogP contribution in [0.3, 0.4) is 0 Å². The summed E-state index contributed by atoms with van der Waals surface area (Å²) in [6.45, 7) is 0. The predicted molar refractivity (Wildman–Crippen MR) is 124 cm³/mol. The first-order valence-electron chi connectivity index (χ1n) is 9.97. The van der Waals surface area contributed by atoms with Gasteiger partial charge in [-0.25, -0.2) is 0 Å². The van der Waals surface area contributed by atoms with Gasteiger partial charge in [0.2, 0.25) is 4.96 Å². The molecule has 32 heavy (non-hydrogen) atoms. The Morgan fingerprint density at radius 1 is 0.875 bits per heavy atom. The quantitative estimate of drug-likeness (QED) is 0.419. The van der Waals surface area contributed by atoms with Gasteiger partial charge in [0.15, 0.2) is 0 Å². The molecule has 6 nitrogen and oxygen atoms in total. The Hall–Kier alpha value is -4.10. The minimum absolute atomic E-state index is 0.244. The highest BCUT2D eigenvalue weighted by molar-refractivity contribution is 7.15. The molecule has 0 radical (unpaired) electrons. The lowest BCUT2D eigenvalue weighted by atomic mass is 10.1. The van der Waals surface area contributed by atoms with Gasteiger partial charge < -0.3 is 4.74 Å². The van der Waals surface area contributed by atoms with Crippen LogP contribution in [0.4, 0.5) is 0 Å². The van der Waals surface area contributed by atoms with Crippen LogP contribution >= 0.6 is 11.3 Å². The van der Waals surface area contributed by atoms with E-state index in [1.54, 1.807) is 6.08 Å². The van der Waals surface area contributed by atoms with Gasteiger partial charge in [-0.05, 0) is 41.5 Å². The van der Waals surface area contributed by atoms with Crippen molar-refractivity contribution in [3.63, 3.8) is 0 Å². The molecular formula is C25H17N3O3S. The number of hydrogen-bond acceptors (Lipinski definition) is 6. The van der Waals surface area contributed by atoms with E-state index in [1.165, 1.54) is 4.52 Å². The Bertz CT molecular complexity index is 1560. The summed E-state index contributed by atoms with van der Waals surface area (Å²) >= 11 is 1.14. The van der Waals surface area contributed by atoms with Crippen LogP contribution in [0.15, 0.2) is 94.5 Å². The molecule has 5 rings (SSSR count). The first-order valence-corrected chi connectivity index (χ1v) is 10.8. The van der Waals surface area contributed by atoms with E-state index in [9.17, 15) is 9.59 Å². The zero-order chi connectivity index (χ0) is 21.9. The fourth-order valence-electron chi connectivity index (χ4n) is 3.28. The highest BCUT2D eigenvalue weighted by Gasteiger charge is 2.11. The number of aromatic nitrogens is 3. The average molecular weight is 439 g/mol. The highest BCUT2D eigenvalue weighted by atomic mass is 32.1. The molecule has 0 unspecified atom stereocenters. The van der Waals surface area contributed by atoms with E-state index in [4.69, 9.17) is 4.74 Å². The first-order chi connectivity index (χ1) is 15.7. The molecule has 0 saturated heterocycles. The molecule has 3 aromatic carbocycles. The van der Waals surface area contributed by atoms with Crippen LogP contribution in [0.2, 0.25) is 0 Å². The van der Waals surface area contributed by atoms with E-state index < -0.39 is 5.56 Å². The monoisotopic (exact) mass is 439 g/mol. The third-order valence-electron chi connectivity index (χ3n) is 4.80. The van der Waals surface area contributed by atoms with Crippen molar-refractivity contribution >= 4 is 22.4 Å². The van der Waals surface area contributed by atoms with Crippen LogP contribution in [0.1, 0.15) is 16.8 Å². The van der Waals surface area contributed by atoms with Crippen molar-refractivity contribution in [3.05, 3.63) is 127 Å². The molecule has 0 aliphatic heterocycles. The number of hydrogen-bond donors (Lipinski definition) is 0. The third-order valence-corrected chi connectivity index (χ3v) is 5.76. The molecule has 0 spiro atoms. The molecule has 0 bridgehead atoms. The summed E-state index contributed by atoms with van der Waals surface area (Å²) in [6, 6.07) is 26.4. The Balaban J connectivity index is 1.51. The number of ether oxygens (including phenoxy) is 1. The molecular weight excluding hydrogens is 422 g/mol. The summed E-state index contributed by atoms with van der Waals surface area (Å²) in [7, 11) is 0. The van der Waals surface area contributed by atoms with Gasteiger partial charge in [0.25, 0.3) is 11.1 Å². The van der Waals surface area contributed by atoms with Gasteiger partial charge in [0.05, 0.1) is 4.53 Å². The van der Waals surface area contributed by atoms with Crippen molar-refractivity contribution in [1.82, 2.24) is 14.6 Å². The number of para-hydroxylation sites is 1. The van der Waals surface area contributed by atoms with Gasteiger partial charge in [-0.2, -0.15) is 14.6 Å². The van der Waals surface area contributed by atoms with E-state index in [0.717, 1.165) is 28.2 Å². The van der Waals surface area contributed by atoms with Gasteiger partial charge in [0, 0.05) is 6.42 Å². The second-order valence-electron chi connectivity index (χ2n) is 7.12. The van der Waals surface area contributed by atoms with Crippen LogP contribution in [0, 0.1) is 0 Å². The number of thiazole rings is 1. The molecule has 0 N–H and O–H groups in total. The van der Waals surface area contributed by atoms with Gasteiger partial charge in [0.1, 0.15) is 17.2 Å². The Kier molecular flexibility index (Phi) is 5.31. The van der Waals surface area contributed by atoms with Crippen LogP contribution < -0.4 is 20.4 Å². The Labute approximate surface area is 186 Å². The fraction of sp³-hybridized carbons (Fsp3) is 0.0400. The summed E-state index contributed by atoms with van der Waals surface area (Å²) in [6.07, 6.45) is 2.07. The maximum absolute atomic E-state index is 12.9. The van der Waals surface area contributed by atoms with Crippen molar-refractivity contribution in [3.8, 4) is 11.5 Å². The number of fused-ring (bicyclic) bond motifs is 1. The Morgan fingerprint density at radius 2 is 1.59 bits per heavy atom. The molecule has 0 aliphatic rings. The SMILES string of the molecule is O=c1nc2sc(=Cc3cccc(Oc4ccccc4)c3)c(=O)n2nc1Cc1ccccc1. The molecule has 7 heteroatoms. The minimum Gasteiger partial charge on any atom is -0.457 e. The number of nitrogens with zero attached hydrogens (tertiary/aromatic N) is 3. The fourth-order valence-corrected chi connectivity index (χ4v) is 4.19. The first kappa shape index (κ1) is 19.8. The molecule has 0 saturated carbocycles. The van der Waals surface area contributed by atoms with E-state index in [-0.39, 0.29) is 16.2 Å². The lowest BCUT2D eigenvalue weighted by molar-refractivity contribution is 0.482. The van der Waals surface area contributed by atoms with Gasteiger partial charge >= 0.3 is 0 Å². The maximum Gasteiger partial charge on any atom is 0.296 e. The van der Waals surface area contributed by atoms with Crippen LogP contribution in [0.5, 0.6) is 11.5 Å². The third kappa shape index (κ3) is 4.19. The molecule has 0 fully saturated rings. The second-order valence-corrected chi connectivity index (χ2v) is 8.13. The smallest absolute Gasteiger partial charge is 0.296 e. The molecule has 0 amide bonds. The summed E-state index contributed by atoms with van der Waals surface area (Å²) < 4.78 is 7.52. The standard InChI is InChI=1S/C25H17N3O3S/c29-23-21(15-17-8-3-1-4-9-17)27-28-24(30)22(32-25(28)26-23)16-18-10-7-13-20(14-18)31-19-11-5-2-6-12-19/h1-14,16H,15H2. The molecule has 5 aromatic rings. The van der Waals surface area contributed by atoms with E-state index in [1.807, 2.05) is 84.9 Å². The Morgan fingerprint density at radius 3 is 2.38 bits per heavy atom. The molecule has 0 atom stereocenters. The van der Waals surface area contributed by atoms with Crippen molar-refractivity contribution in [2.45, 2.75) is 6.42 Å². The molecule has 2 aromatic heterocycles. The van der Waals surface area contributed by atoms with Gasteiger partial charge in [-0.1, -0.05) is 72.0 Å². The van der Waals surface area contributed by atoms with Crippen LogP contribution in [-0.2, 0) is 6.42 Å². The summed E-state index contributed by atoms with van der Waals surface area (Å²) in [5.74, 6) is 1.39. The van der Waals surface area contributed by atoms with E-state index in [0.29, 0.717) is 16.7 Å². The predicted octanol–water partition coefficient (Wildman–Crippen LogP) is 3.44. The van der Waals surface area contributed by atoms with Crippen molar-refractivity contribution in [2.75, 3.05) is 0 Å². The average Bonchev–Trinajstić information content (AvgIpc) is 3.10.